The van der Waals surface area contributed by atoms with Gasteiger partial charge in [-0.25, -0.2) is 9.18 Å². The van der Waals surface area contributed by atoms with E-state index in [1.54, 1.807) is 0 Å². The van der Waals surface area contributed by atoms with E-state index in [2.05, 4.69) is 0 Å². The van der Waals surface area contributed by atoms with Crippen molar-refractivity contribution in [3.05, 3.63) is 41.0 Å². The van der Waals surface area contributed by atoms with Crippen LogP contribution in [0.15, 0.2) is 24.0 Å². The highest BCUT2D eigenvalue weighted by Gasteiger charge is 2.31. The molecule has 0 atom stereocenters. The van der Waals surface area contributed by atoms with Crippen molar-refractivity contribution in [2.45, 2.75) is 6.18 Å². The maximum absolute atomic E-state index is 12.8. The molecule has 0 spiro atoms. The van der Waals surface area contributed by atoms with Gasteiger partial charge in [0.05, 0.1) is 5.56 Å². The molecular weight excluding hydrogens is 247 g/mol. The lowest BCUT2D eigenvalue weighted by atomic mass is 10.1. The molecule has 0 aliphatic rings. The van der Waals surface area contributed by atoms with Gasteiger partial charge in [-0.3, -0.25) is 0 Å². The fraction of sp³-hybridized carbons (Fsp3) is 0.100. The van der Waals surface area contributed by atoms with Crippen molar-refractivity contribution in [2.75, 3.05) is 0 Å². The van der Waals surface area contributed by atoms with Crippen LogP contribution in [0.5, 0.6) is 0 Å². The van der Waals surface area contributed by atoms with Gasteiger partial charge in [-0.15, -0.1) is 0 Å². The van der Waals surface area contributed by atoms with Crippen molar-refractivity contribution in [2.24, 2.45) is 0 Å². The number of carbonyl (C=O) groups is 1. The normalized spacial score (nSPS) is 12.6. The molecule has 0 heterocycles. The second kappa shape index (κ2) is 4.52. The molecular formula is C10H5F5O2. The van der Waals surface area contributed by atoms with Crippen LogP contribution >= 0.6 is 0 Å². The van der Waals surface area contributed by atoms with Crippen LogP contribution in [-0.2, 0) is 11.0 Å². The van der Waals surface area contributed by atoms with Crippen molar-refractivity contribution in [3.8, 4) is 0 Å². The second-order valence-electron chi connectivity index (χ2n) is 3.07. The number of carboxylic acid groups (broad SMARTS) is 1. The molecule has 7 heteroatoms. The molecule has 0 saturated heterocycles. The zero-order valence-electron chi connectivity index (χ0n) is 8.05. The first-order chi connectivity index (χ1) is 7.70. The summed E-state index contributed by atoms with van der Waals surface area (Å²) in [7, 11) is 0. The molecule has 2 nitrogen and oxygen atoms in total. The first kappa shape index (κ1) is 13.1. The van der Waals surface area contributed by atoms with E-state index in [1.165, 1.54) is 0 Å². The first-order valence-electron chi connectivity index (χ1n) is 4.18. The van der Waals surface area contributed by atoms with Gasteiger partial charge in [-0.05, 0) is 29.8 Å². The maximum Gasteiger partial charge on any atom is 0.416 e. The minimum Gasteiger partial charge on any atom is -0.476 e. The van der Waals surface area contributed by atoms with Gasteiger partial charge >= 0.3 is 12.1 Å². The molecule has 0 aliphatic carbocycles. The summed E-state index contributed by atoms with van der Waals surface area (Å²) in [5.74, 6) is -4.85. The van der Waals surface area contributed by atoms with E-state index in [-0.39, 0.29) is 6.07 Å². The molecule has 0 saturated carbocycles. The van der Waals surface area contributed by atoms with Crippen LogP contribution in [0.1, 0.15) is 11.1 Å². The Morgan fingerprint density at radius 1 is 1.24 bits per heavy atom. The largest absolute Gasteiger partial charge is 0.476 e. The maximum atomic E-state index is 12.8. The molecule has 0 bridgehead atoms. The van der Waals surface area contributed by atoms with Gasteiger partial charge in [0.1, 0.15) is 5.82 Å². The second-order valence-corrected chi connectivity index (χ2v) is 3.07. The SMILES string of the molecule is O=C(O)/C(F)=C/c1cc(F)cc(C(F)(F)F)c1. The van der Waals surface area contributed by atoms with Gasteiger partial charge in [-0.1, -0.05) is 0 Å². The summed E-state index contributed by atoms with van der Waals surface area (Å²) in [6.07, 6.45) is -4.48. The third kappa shape index (κ3) is 3.54. The molecule has 92 valence electrons. The van der Waals surface area contributed by atoms with Crippen LogP contribution in [0.4, 0.5) is 22.0 Å². The predicted molar refractivity (Wildman–Crippen MR) is 48.1 cm³/mol. The molecule has 1 aromatic carbocycles. The summed E-state index contributed by atoms with van der Waals surface area (Å²) >= 11 is 0. The summed E-state index contributed by atoms with van der Waals surface area (Å²) in [6.45, 7) is 0. The highest BCUT2D eigenvalue weighted by molar-refractivity contribution is 5.89. The Hall–Kier alpha value is -1.92. The third-order valence-corrected chi connectivity index (χ3v) is 1.75. The fourth-order valence-corrected chi connectivity index (χ4v) is 1.07. The zero-order chi connectivity index (χ0) is 13.2. The van der Waals surface area contributed by atoms with Gasteiger partial charge in [0.25, 0.3) is 0 Å². The molecule has 0 aliphatic heterocycles. The third-order valence-electron chi connectivity index (χ3n) is 1.75. The minimum atomic E-state index is -4.79. The summed E-state index contributed by atoms with van der Waals surface area (Å²) in [5.41, 5.74) is -1.83. The fourth-order valence-electron chi connectivity index (χ4n) is 1.07. The average Bonchev–Trinajstić information content (AvgIpc) is 2.15. The number of benzene rings is 1. The Balaban J connectivity index is 3.24. The van der Waals surface area contributed by atoms with Crippen LogP contribution < -0.4 is 0 Å². The van der Waals surface area contributed by atoms with Crippen molar-refractivity contribution in [1.29, 1.82) is 0 Å². The monoisotopic (exact) mass is 252 g/mol. The van der Waals surface area contributed by atoms with Crippen LogP contribution in [0.3, 0.4) is 0 Å². The molecule has 1 aromatic rings. The molecule has 0 unspecified atom stereocenters. The Morgan fingerprint density at radius 3 is 2.29 bits per heavy atom. The number of alkyl halides is 3. The molecule has 1 N–H and O–H groups in total. The highest BCUT2D eigenvalue weighted by Crippen LogP contribution is 2.30. The highest BCUT2D eigenvalue weighted by atomic mass is 19.4. The predicted octanol–water partition coefficient (Wildman–Crippen LogP) is 3.24. The lowest BCUT2D eigenvalue weighted by Crippen LogP contribution is -2.05. The van der Waals surface area contributed by atoms with Gasteiger partial charge in [0.2, 0.25) is 5.83 Å². The van der Waals surface area contributed by atoms with Gasteiger partial charge in [-0.2, -0.15) is 17.6 Å². The topological polar surface area (TPSA) is 37.3 Å². The Morgan fingerprint density at radius 2 is 1.82 bits per heavy atom. The quantitative estimate of drug-likeness (QED) is 0.648. The lowest BCUT2D eigenvalue weighted by Gasteiger charge is -2.07. The van der Waals surface area contributed by atoms with E-state index >= 15 is 0 Å². The average molecular weight is 252 g/mol. The van der Waals surface area contributed by atoms with Gasteiger partial charge in [0, 0.05) is 0 Å². The van der Waals surface area contributed by atoms with Crippen molar-refractivity contribution < 1.29 is 31.9 Å². The molecule has 0 aromatic heterocycles. The first-order valence-corrected chi connectivity index (χ1v) is 4.18. The van der Waals surface area contributed by atoms with E-state index in [0.717, 1.165) is 0 Å². The van der Waals surface area contributed by atoms with Crippen molar-refractivity contribution >= 4 is 12.0 Å². The van der Waals surface area contributed by atoms with E-state index < -0.39 is 34.9 Å². The molecule has 0 amide bonds. The Labute approximate surface area is 92.0 Å². The van der Waals surface area contributed by atoms with Crippen LogP contribution in [0.2, 0.25) is 0 Å². The number of halogens is 5. The van der Waals surface area contributed by atoms with E-state index in [0.29, 0.717) is 18.2 Å². The summed E-state index contributed by atoms with van der Waals surface area (Å²) in [5, 5.41) is 8.18. The molecule has 17 heavy (non-hydrogen) atoms. The Bertz CT molecular complexity index is 476. The number of hydrogen-bond acceptors (Lipinski definition) is 1. The van der Waals surface area contributed by atoms with Crippen LogP contribution in [-0.4, -0.2) is 11.1 Å². The Kier molecular flexibility index (Phi) is 3.50. The van der Waals surface area contributed by atoms with E-state index in [4.69, 9.17) is 5.11 Å². The van der Waals surface area contributed by atoms with Crippen LogP contribution in [0.25, 0.3) is 6.08 Å². The van der Waals surface area contributed by atoms with E-state index in [1.807, 2.05) is 0 Å². The summed E-state index contributed by atoms with van der Waals surface area (Å²) < 4.78 is 62.2. The van der Waals surface area contributed by atoms with E-state index in [9.17, 15) is 26.7 Å². The number of rotatable bonds is 2. The zero-order valence-corrected chi connectivity index (χ0v) is 8.05. The summed E-state index contributed by atoms with van der Waals surface area (Å²) in [6, 6.07) is 1.28. The lowest BCUT2D eigenvalue weighted by molar-refractivity contribution is -0.137. The smallest absolute Gasteiger partial charge is 0.416 e. The minimum absolute atomic E-state index is 0.232. The van der Waals surface area contributed by atoms with Crippen molar-refractivity contribution in [3.63, 3.8) is 0 Å². The van der Waals surface area contributed by atoms with Crippen LogP contribution in [0, 0.1) is 5.82 Å². The standard InChI is InChI=1S/C10H5F5O2/c11-7-2-5(3-8(12)9(16)17)1-6(4-7)10(13,14)15/h1-4H,(H,16,17)/b8-3-. The molecule has 0 radical (unpaired) electrons. The number of carboxylic acids is 1. The van der Waals surface area contributed by atoms with Gasteiger partial charge in [0.15, 0.2) is 0 Å². The molecule has 1 rings (SSSR count). The summed E-state index contributed by atoms with van der Waals surface area (Å²) in [4.78, 5) is 10.1. The number of aliphatic carboxylic acids is 1. The molecule has 0 fully saturated rings. The number of hydrogen-bond donors (Lipinski definition) is 1. The van der Waals surface area contributed by atoms with Crippen molar-refractivity contribution in [1.82, 2.24) is 0 Å². The van der Waals surface area contributed by atoms with Gasteiger partial charge < -0.3 is 5.11 Å².